The van der Waals surface area contributed by atoms with Crippen molar-refractivity contribution >= 4 is 28.5 Å². The first-order valence-electron chi connectivity index (χ1n) is 7.47. The van der Waals surface area contributed by atoms with Gasteiger partial charge in [-0.1, -0.05) is 79.2 Å². The van der Waals surface area contributed by atoms with Crippen molar-refractivity contribution in [2.75, 3.05) is 6.54 Å². The Morgan fingerprint density at radius 1 is 1.09 bits per heavy atom. The van der Waals surface area contributed by atoms with Crippen LogP contribution in [0.25, 0.3) is 0 Å². The largest absolute Gasteiger partial charge is 0.379 e. The Labute approximate surface area is 141 Å². The highest BCUT2D eigenvalue weighted by molar-refractivity contribution is 8.14. The normalized spacial score (nSPS) is 13.1. The van der Waals surface area contributed by atoms with Crippen molar-refractivity contribution in [3.8, 4) is 0 Å². The number of aliphatic imine (C=N–C) groups is 1. The van der Waals surface area contributed by atoms with Gasteiger partial charge in [-0.15, -0.1) is 0 Å². The number of amidine groups is 1. The van der Waals surface area contributed by atoms with Gasteiger partial charge in [-0.05, 0) is 29.7 Å². The second kappa shape index (κ2) is 8.86. The average Bonchev–Trinajstić information content (AvgIpc) is 2.55. The van der Waals surface area contributed by atoms with Crippen molar-refractivity contribution in [1.29, 1.82) is 0 Å². The number of hydrogen-bond acceptors (Lipinski definition) is 2. The molecule has 0 spiro atoms. The van der Waals surface area contributed by atoms with E-state index in [4.69, 9.17) is 17.3 Å². The number of benzene rings is 2. The lowest BCUT2D eigenvalue weighted by molar-refractivity contribution is 0.809. The SMILES string of the molecule is CCCCN=C(N)S[C@H](c1ccccc1)c1ccc(Cl)cc1. The van der Waals surface area contributed by atoms with E-state index in [9.17, 15) is 0 Å². The lowest BCUT2D eigenvalue weighted by Crippen LogP contribution is -2.11. The first-order chi connectivity index (χ1) is 10.7. The van der Waals surface area contributed by atoms with Gasteiger partial charge in [0.2, 0.25) is 0 Å². The van der Waals surface area contributed by atoms with Gasteiger partial charge >= 0.3 is 0 Å². The Hall–Kier alpha value is -1.45. The van der Waals surface area contributed by atoms with Crippen LogP contribution in [-0.2, 0) is 0 Å². The monoisotopic (exact) mass is 332 g/mol. The maximum absolute atomic E-state index is 6.11. The minimum absolute atomic E-state index is 0.129. The Bertz CT molecular complexity index is 596. The summed E-state index contributed by atoms with van der Waals surface area (Å²) in [5, 5.41) is 1.51. The van der Waals surface area contributed by atoms with Gasteiger partial charge in [-0.2, -0.15) is 0 Å². The molecule has 2 aromatic rings. The van der Waals surface area contributed by atoms with Crippen molar-refractivity contribution < 1.29 is 0 Å². The Balaban J connectivity index is 2.22. The van der Waals surface area contributed by atoms with Crippen LogP contribution in [0.3, 0.4) is 0 Å². The third-order valence-electron chi connectivity index (χ3n) is 3.29. The highest BCUT2D eigenvalue weighted by Crippen LogP contribution is 2.36. The number of nitrogens with zero attached hydrogens (tertiary/aromatic N) is 1. The summed E-state index contributed by atoms with van der Waals surface area (Å²) in [5.41, 5.74) is 8.49. The van der Waals surface area contributed by atoms with Crippen molar-refractivity contribution in [3.05, 3.63) is 70.7 Å². The first-order valence-corrected chi connectivity index (χ1v) is 8.73. The molecule has 1 atom stereocenters. The zero-order valence-corrected chi connectivity index (χ0v) is 14.3. The highest BCUT2D eigenvalue weighted by atomic mass is 35.5. The smallest absolute Gasteiger partial charge is 0.154 e. The van der Waals surface area contributed by atoms with Crippen LogP contribution in [0.2, 0.25) is 5.02 Å². The number of rotatable bonds is 6. The summed E-state index contributed by atoms with van der Waals surface area (Å²) in [4.78, 5) is 4.45. The second-order valence-electron chi connectivity index (χ2n) is 5.03. The van der Waals surface area contributed by atoms with Crippen LogP contribution in [0, 0.1) is 0 Å². The topological polar surface area (TPSA) is 38.4 Å². The summed E-state index contributed by atoms with van der Waals surface area (Å²) in [6, 6.07) is 18.3. The molecule has 4 heteroatoms. The lowest BCUT2D eigenvalue weighted by atomic mass is 10.0. The number of unbranched alkanes of at least 4 members (excludes halogenated alkanes) is 1. The molecule has 0 aliphatic heterocycles. The molecule has 0 aliphatic rings. The maximum Gasteiger partial charge on any atom is 0.154 e. The molecule has 0 amide bonds. The van der Waals surface area contributed by atoms with Gasteiger partial charge in [0.1, 0.15) is 0 Å². The van der Waals surface area contributed by atoms with Crippen molar-refractivity contribution in [1.82, 2.24) is 0 Å². The third-order valence-corrected chi connectivity index (χ3v) is 4.70. The summed E-state index contributed by atoms with van der Waals surface area (Å²) in [6.45, 7) is 2.94. The van der Waals surface area contributed by atoms with Crippen molar-refractivity contribution in [3.63, 3.8) is 0 Å². The first kappa shape index (κ1) is 16.9. The van der Waals surface area contributed by atoms with Crippen molar-refractivity contribution in [2.45, 2.75) is 25.0 Å². The Morgan fingerprint density at radius 2 is 1.73 bits per heavy atom. The summed E-state index contributed by atoms with van der Waals surface area (Å²) >= 11 is 7.59. The number of hydrogen-bond donors (Lipinski definition) is 1. The van der Waals surface area contributed by atoms with E-state index in [1.54, 1.807) is 11.8 Å². The fourth-order valence-electron chi connectivity index (χ4n) is 2.10. The molecular formula is C18H21ClN2S. The Morgan fingerprint density at radius 3 is 2.36 bits per heavy atom. The molecule has 2 nitrogen and oxygen atoms in total. The molecule has 0 aliphatic carbocycles. The fourth-order valence-corrected chi connectivity index (χ4v) is 3.22. The second-order valence-corrected chi connectivity index (χ2v) is 6.60. The third kappa shape index (κ3) is 5.08. The van der Waals surface area contributed by atoms with E-state index in [1.807, 2.05) is 42.5 Å². The molecule has 0 unspecified atom stereocenters. The molecule has 0 heterocycles. The van der Waals surface area contributed by atoms with Crippen LogP contribution in [0.5, 0.6) is 0 Å². The van der Waals surface area contributed by atoms with Gasteiger partial charge in [0, 0.05) is 11.6 Å². The minimum atomic E-state index is 0.129. The van der Waals surface area contributed by atoms with Gasteiger partial charge in [-0.3, -0.25) is 4.99 Å². The van der Waals surface area contributed by atoms with Crippen LogP contribution in [0.15, 0.2) is 59.6 Å². The number of nitrogens with two attached hydrogens (primary N) is 1. The molecule has 0 radical (unpaired) electrons. The summed E-state index contributed by atoms with van der Waals surface area (Å²) in [7, 11) is 0. The van der Waals surface area contributed by atoms with Gasteiger partial charge in [0.15, 0.2) is 5.17 Å². The zero-order chi connectivity index (χ0) is 15.8. The van der Waals surface area contributed by atoms with Crippen LogP contribution >= 0.6 is 23.4 Å². The minimum Gasteiger partial charge on any atom is -0.379 e. The summed E-state index contributed by atoms with van der Waals surface area (Å²) in [6.07, 6.45) is 2.19. The molecule has 0 bridgehead atoms. The molecule has 2 N–H and O–H groups in total. The summed E-state index contributed by atoms with van der Waals surface area (Å²) < 4.78 is 0. The van der Waals surface area contributed by atoms with E-state index in [0.717, 1.165) is 24.4 Å². The molecular weight excluding hydrogens is 312 g/mol. The fraction of sp³-hybridized carbons (Fsp3) is 0.278. The average molecular weight is 333 g/mol. The van der Waals surface area contributed by atoms with Gasteiger partial charge < -0.3 is 5.73 Å². The molecule has 0 aromatic heterocycles. The number of halogens is 1. The predicted molar refractivity (Wildman–Crippen MR) is 98.7 cm³/mol. The summed E-state index contributed by atoms with van der Waals surface area (Å²) in [5.74, 6) is 0. The molecule has 0 saturated heterocycles. The van der Waals surface area contributed by atoms with E-state index >= 15 is 0 Å². The molecule has 2 aromatic carbocycles. The highest BCUT2D eigenvalue weighted by Gasteiger charge is 2.16. The van der Waals surface area contributed by atoms with E-state index in [0.29, 0.717) is 5.17 Å². The van der Waals surface area contributed by atoms with Crippen molar-refractivity contribution in [2.24, 2.45) is 10.7 Å². The van der Waals surface area contributed by atoms with Gasteiger partial charge in [0.25, 0.3) is 0 Å². The predicted octanol–water partition coefficient (Wildman–Crippen LogP) is 5.28. The molecule has 2 rings (SSSR count). The van der Waals surface area contributed by atoms with Crippen LogP contribution in [0.4, 0.5) is 0 Å². The van der Waals surface area contributed by atoms with Gasteiger partial charge in [0.05, 0.1) is 5.25 Å². The number of thioether (sulfide) groups is 1. The van der Waals surface area contributed by atoms with E-state index in [1.165, 1.54) is 11.1 Å². The van der Waals surface area contributed by atoms with E-state index < -0.39 is 0 Å². The van der Waals surface area contributed by atoms with Crippen LogP contribution in [0.1, 0.15) is 36.1 Å². The lowest BCUT2D eigenvalue weighted by Gasteiger charge is -2.17. The molecule has 0 fully saturated rings. The standard InChI is InChI=1S/C18H21ClN2S/c1-2-3-13-21-18(20)22-17(14-7-5-4-6-8-14)15-9-11-16(19)12-10-15/h4-12,17H,2-3,13H2,1H3,(H2,20,21)/t17-/m1/s1. The molecule has 116 valence electrons. The Kier molecular flexibility index (Phi) is 6.81. The van der Waals surface area contributed by atoms with Crippen LogP contribution in [-0.4, -0.2) is 11.7 Å². The molecule has 22 heavy (non-hydrogen) atoms. The van der Waals surface area contributed by atoms with E-state index in [-0.39, 0.29) is 5.25 Å². The van der Waals surface area contributed by atoms with E-state index in [2.05, 4.69) is 24.0 Å². The molecule has 0 saturated carbocycles. The van der Waals surface area contributed by atoms with Gasteiger partial charge in [-0.25, -0.2) is 0 Å². The maximum atomic E-state index is 6.11. The van der Waals surface area contributed by atoms with Crippen LogP contribution < -0.4 is 5.73 Å². The zero-order valence-electron chi connectivity index (χ0n) is 12.7. The quantitative estimate of drug-likeness (QED) is 0.444.